The van der Waals surface area contributed by atoms with Gasteiger partial charge in [0.2, 0.25) is 0 Å². The van der Waals surface area contributed by atoms with E-state index in [1.165, 1.54) is 84.0 Å². The van der Waals surface area contributed by atoms with Gasteiger partial charge in [-0.05, 0) is 94.2 Å². The molecular formula is C34H34Si. The third-order valence-electron chi connectivity index (χ3n) is 7.99. The molecule has 6 rings (SSSR count). The smallest absolute Gasteiger partial charge is 0.0378 e. The number of hydrogen-bond acceptors (Lipinski definition) is 0. The molecule has 0 spiro atoms. The molecule has 2 aliphatic rings. The first kappa shape index (κ1) is 22.6. The van der Waals surface area contributed by atoms with Crippen LogP contribution in [0.3, 0.4) is 0 Å². The Morgan fingerprint density at radius 2 is 0.914 bits per heavy atom. The van der Waals surface area contributed by atoms with Crippen LogP contribution in [0.4, 0.5) is 0 Å². The van der Waals surface area contributed by atoms with Gasteiger partial charge in [0, 0.05) is 9.52 Å². The van der Waals surface area contributed by atoms with Crippen molar-refractivity contribution in [2.45, 2.75) is 63.5 Å². The molecule has 0 amide bonds. The molecule has 0 heterocycles. The highest BCUT2D eigenvalue weighted by Gasteiger charge is 2.21. The van der Waals surface area contributed by atoms with Gasteiger partial charge in [-0.3, -0.25) is 0 Å². The number of aryl methyl sites for hydroxylation is 2. The summed E-state index contributed by atoms with van der Waals surface area (Å²) >= 11 is 0. The Hall–Kier alpha value is -2.90. The van der Waals surface area contributed by atoms with Gasteiger partial charge in [0.15, 0.2) is 0 Å². The van der Waals surface area contributed by atoms with E-state index in [1.807, 2.05) is 0 Å². The lowest BCUT2D eigenvalue weighted by Gasteiger charge is -2.09. The van der Waals surface area contributed by atoms with E-state index in [-0.39, 0.29) is 0 Å². The molecule has 4 aromatic rings. The number of benzene rings is 4. The minimum Gasteiger partial charge on any atom is -0.0619 e. The van der Waals surface area contributed by atoms with E-state index in [4.69, 9.17) is 0 Å². The summed E-state index contributed by atoms with van der Waals surface area (Å²) in [5, 5.41) is 0. The fourth-order valence-corrected chi connectivity index (χ4v) is 7.42. The zero-order chi connectivity index (χ0) is 23.5. The highest BCUT2D eigenvalue weighted by atomic mass is 28.2. The minimum atomic E-state index is 1.13. The van der Waals surface area contributed by atoms with Crippen molar-refractivity contribution < 1.29 is 0 Å². The molecule has 0 saturated heterocycles. The van der Waals surface area contributed by atoms with E-state index in [2.05, 4.69) is 84.9 Å². The molecule has 1 heteroatoms. The summed E-state index contributed by atoms with van der Waals surface area (Å²) in [6.07, 6.45) is 10.1. The maximum atomic E-state index is 2.37. The molecule has 0 aliphatic heterocycles. The summed E-state index contributed by atoms with van der Waals surface area (Å²) in [5.41, 5.74) is 15.2. The van der Waals surface area contributed by atoms with Gasteiger partial charge >= 0.3 is 0 Å². The van der Waals surface area contributed by atoms with Gasteiger partial charge in [-0.1, -0.05) is 110 Å². The fraction of sp³-hybridized carbons (Fsp3) is 0.294. The largest absolute Gasteiger partial charge is 0.0619 e. The molecule has 4 aromatic carbocycles. The molecule has 0 bridgehead atoms. The van der Waals surface area contributed by atoms with Crippen LogP contribution in [0, 0.1) is 0 Å². The summed E-state index contributed by atoms with van der Waals surface area (Å²) in [7, 11) is 1.13. The van der Waals surface area contributed by atoms with Crippen molar-refractivity contribution in [3.8, 4) is 22.3 Å². The first-order valence-corrected chi connectivity index (χ1v) is 14.9. The highest BCUT2D eigenvalue weighted by Crippen LogP contribution is 2.39. The molecule has 0 saturated carbocycles. The predicted molar refractivity (Wildman–Crippen MR) is 151 cm³/mol. The molecule has 2 radical (unpaired) electrons. The third kappa shape index (κ3) is 4.67. The zero-order valence-electron chi connectivity index (χ0n) is 20.7. The average Bonchev–Trinajstić information content (AvgIpc) is 3.47. The number of fused-ring (bicyclic) bond motifs is 6. The standard InChI is InChI=1S/C34H34Si/c1-3-17-29-27(13-1)23-33-25(15-9-19-31(29)33)11-5-7-21-35-22-8-6-12-26-16-10-20-32-30-18-4-2-14-28(30)24-34(26)32/h1-4,9-10,13-20H,5-8,11-12,21-24H2. The highest BCUT2D eigenvalue weighted by molar-refractivity contribution is 6.35. The van der Waals surface area contributed by atoms with Gasteiger partial charge < -0.3 is 0 Å². The maximum Gasteiger partial charge on any atom is 0.0378 e. The SMILES string of the molecule is c1ccc2c(c1)Cc1c(CCCC[Si]CCCCc3cccc4c3Cc3ccccc3-4)cccc1-2. The Balaban J connectivity index is 0.909. The molecule has 0 nitrogen and oxygen atoms in total. The van der Waals surface area contributed by atoms with E-state index < -0.39 is 0 Å². The Kier molecular flexibility index (Phi) is 6.69. The number of hydrogen-bond donors (Lipinski definition) is 0. The maximum absolute atomic E-state index is 2.37. The van der Waals surface area contributed by atoms with Crippen molar-refractivity contribution >= 4 is 9.52 Å². The van der Waals surface area contributed by atoms with E-state index in [9.17, 15) is 0 Å². The zero-order valence-corrected chi connectivity index (χ0v) is 21.7. The van der Waals surface area contributed by atoms with E-state index in [1.54, 1.807) is 22.3 Å². The van der Waals surface area contributed by atoms with Gasteiger partial charge in [0.1, 0.15) is 0 Å². The van der Waals surface area contributed by atoms with Crippen LogP contribution in [-0.4, -0.2) is 9.52 Å². The van der Waals surface area contributed by atoms with Gasteiger partial charge in [-0.2, -0.15) is 0 Å². The van der Waals surface area contributed by atoms with Crippen LogP contribution in [0.1, 0.15) is 59.1 Å². The molecule has 0 fully saturated rings. The molecule has 35 heavy (non-hydrogen) atoms. The Morgan fingerprint density at radius 1 is 0.457 bits per heavy atom. The van der Waals surface area contributed by atoms with Crippen molar-refractivity contribution in [3.05, 3.63) is 118 Å². The minimum absolute atomic E-state index is 1.13. The quantitative estimate of drug-likeness (QED) is 0.139. The van der Waals surface area contributed by atoms with Gasteiger partial charge in [-0.15, -0.1) is 0 Å². The van der Waals surface area contributed by atoms with Crippen molar-refractivity contribution in [2.24, 2.45) is 0 Å². The van der Waals surface area contributed by atoms with Crippen LogP contribution in [-0.2, 0) is 25.7 Å². The van der Waals surface area contributed by atoms with Crippen molar-refractivity contribution in [1.29, 1.82) is 0 Å². The van der Waals surface area contributed by atoms with Crippen molar-refractivity contribution in [1.82, 2.24) is 0 Å². The molecule has 2 aliphatic carbocycles. The first-order valence-electron chi connectivity index (χ1n) is 13.5. The normalized spacial score (nSPS) is 12.8. The second-order valence-electron chi connectivity index (χ2n) is 10.2. The first-order chi connectivity index (χ1) is 17.4. The molecule has 0 N–H and O–H groups in total. The van der Waals surface area contributed by atoms with Crippen LogP contribution in [0.2, 0.25) is 12.1 Å². The lowest BCUT2D eigenvalue weighted by Crippen LogP contribution is -1.96. The van der Waals surface area contributed by atoms with Crippen LogP contribution in [0.15, 0.2) is 84.9 Å². The Morgan fingerprint density at radius 3 is 1.43 bits per heavy atom. The van der Waals surface area contributed by atoms with Crippen molar-refractivity contribution in [3.63, 3.8) is 0 Å². The summed E-state index contributed by atoms with van der Waals surface area (Å²) < 4.78 is 0. The summed E-state index contributed by atoms with van der Waals surface area (Å²) in [4.78, 5) is 0. The van der Waals surface area contributed by atoms with Crippen LogP contribution in [0.25, 0.3) is 22.3 Å². The molecule has 174 valence electrons. The van der Waals surface area contributed by atoms with E-state index >= 15 is 0 Å². The third-order valence-corrected chi connectivity index (χ3v) is 9.41. The van der Waals surface area contributed by atoms with Crippen LogP contribution in [0.5, 0.6) is 0 Å². The molecule has 0 atom stereocenters. The topological polar surface area (TPSA) is 0 Å². The Labute approximate surface area is 213 Å². The fourth-order valence-electron chi connectivity index (χ4n) is 6.17. The van der Waals surface area contributed by atoms with Gasteiger partial charge in [0.05, 0.1) is 0 Å². The number of unbranched alkanes of at least 4 members (excludes halogenated alkanes) is 2. The molecular weight excluding hydrogens is 436 g/mol. The van der Waals surface area contributed by atoms with E-state index in [0.29, 0.717) is 0 Å². The second-order valence-corrected chi connectivity index (χ2v) is 11.7. The predicted octanol–water partition coefficient (Wildman–Crippen LogP) is 8.72. The molecule has 0 aromatic heterocycles. The summed E-state index contributed by atoms with van der Waals surface area (Å²) in [6.45, 7) is 0. The monoisotopic (exact) mass is 470 g/mol. The molecule has 0 unspecified atom stereocenters. The summed E-state index contributed by atoms with van der Waals surface area (Å²) in [6, 6.07) is 34.6. The van der Waals surface area contributed by atoms with Crippen LogP contribution < -0.4 is 0 Å². The van der Waals surface area contributed by atoms with E-state index in [0.717, 1.165) is 22.4 Å². The number of rotatable bonds is 10. The Bertz CT molecular complexity index is 1230. The summed E-state index contributed by atoms with van der Waals surface area (Å²) in [5.74, 6) is 0. The van der Waals surface area contributed by atoms with Crippen molar-refractivity contribution in [2.75, 3.05) is 0 Å². The van der Waals surface area contributed by atoms with Gasteiger partial charge in [0.25, 0.3) is 0 Å². The van der Waals surface area contributed by atoms with Crippen LogP contribution >= 0.6 is 0 Å². The van der Waals surface area contributed by atoms with Gasteiger partial charge in [-0.25, -0.2) is 0 Å². The lowest BCUT2D eigenvalue weighted by atomic mass is 9.97. The average molecular weight is 471 g/mol. The second kappa shape index (κ2) is 10.4. The lowest BCUT2D eigenvalue weighted by molar-refractivity contribution is 0.768.